The molecule has 0 fully saturated rings. The lowest BCUT2D eigenvalue weighted by molar-refractivity contribution is -0.137. The van der Waals surface area contributed by atoms with E-state index in [2.05, 4.69) is 10.6 Å². The number of hydrogen-bond donors (Lipinski definition) is 3. The minimum atomic E-state index is -4.67. The van der Waals surface area contributed by atoms with Crippen molar-refractivity contribution in [3.8, 4) is 6.07 Å². The van der Waals surface area contributed by atoms with E-state index in [1.165, 1.54) is 18.2 Å². The van der Waals surface area contributed by atoms with Crippen LogP contribution in [0.5, 0.6) is 0 Å². The van der Waals surface area contributed by atoms with Gasteiger partial charge in [-0.2, -0.15) is 18.4 Å². The molecule has 0 saturated carbocycles. The van der Waals surface area contributed by atoms with Crippen LogP contribution in [0, 0.1) is 11.3 Å². The first-order valence-electron chi connectivity index (χ1n) is 7.59. The van der Waals surface area contributed by atoms with Crippen LogP contribution in [0.2, 0.25) is 5.02 Å². The van der Waals surface area contributed by atoms with Crippen molar-refractivity contribution in [1.82, 2.24) is 0 Å². The molecule has 0 saturated heterocycles. The van der Waals surface area contributed by atoms with Crippen LogP contribution in [-0.2, 0) is 21.0 Å². The summed E-state index contributed by atoms with van der Waals surface area (Å²) in [5.41, 5.74) is -1.38. The van der Waals surface area contributed by atoms with E-state index in [0.717, 1.165) is 30.5 Å². The molecule has 0 atom stereocenters. The summed E-state index contributed by atoms with van der Waals surface area (Å²) in [6.07, 6.45) is -3.74. The van der Waals surface area contributed by atoms with Gasteiger partial charge >= 0.3 is 6.18 Å². The number of sulfonamides is 1. The first kappa shape index (κ1) is 22.2. The number of hydrogen-bond acceptors (Lipinski definition) is 5. The first-order valence-corrected chi connectivity index (χ1v) is 9.52. The Morgan fingerprint density at radius 1 is 1.14 bits per heavy atom. The number of primary sulfonamides is 1. The number of nitrogens with zero attached hydrogens (tertiary/aromatic N) is 1. The van der Waals surface area contributed by atoms with E-state index >= 15 is 0 Å². The first-order chi connectivity index (χ1) is 13.4. The lowest BCUT2D eigenvalue weighted by Crippen LogP contribution is -2.15. The number of alkyl halides is 3. The van der Waals surface area contributed by atoms with Crippen LogP contribution in [-0.4, -0.2) is 14.3 Å². The van der Waals surface area contributed by atoms with Crippen molar-refractivity contribution in [2.24, 2.45) is 5.14 Å². The van der Waals surface area contributed by atoms with Crippen LogP contribution in [0.1, 0.15) is 5.56 Å². The van der Waals surface area contributed by atoms with Gasteiger partial charge in [0.1, 0.15) is 11.6 Å². The summed E-state index contributed by atoms with van der Waals surface area (Å²) in [5.74, 6) is -0.867. The number of rotatable bonds is 5. The molecule has 0 aromatic heterocycles. The van der Waals surface area contributed by atoms with Gasteiger partial charge in [-0.15, -0.1) is 0 Å². The van der Waals surface area contributed by atoms with Crippen molar-refractivity contribution in [2.75, 3.05) is 10.6 Å². The molecule has 12 heteroatoms. The zero-order valence-electron chi connectivity index (χ0n) is 14.3. The van der Waals surface area contributed by atoms with E-state index in [9.17, 15) is 26.4 Å². The van der Waals surface area contributed by atoms with Crippen molar-refractivity contribution in [1.29, 1.82) is 5.26 Å². The van der Waals surface area contributed by atoms with Crippen molar-refractivity contribution in [3.63, 3.8) is 0 Å². The molecule has 4 N–H and O–H groups in total. The second kappa shape index (κ2) is 8.52. The van der Waals surface area contributed by atoms with Gasteiger partial charge in [-0.1, -0.05) is 11.6 Å². The fourth-order valence-electron chi connectivity index (χ4n) is 2.06. The summed E-state index contributed by atoms with van der Waals surface area (Å²) in [6.45, 7) is 0. The van der Waals surface area contributed by atoms with Gasteiger partial charge in [0.05, 0.1) is 15.5 Å². The van der Waals surface area contributed by atoms with Gasteiger partial charge in [0.15, 0.2) is 0 Å². The summed E-state index contributed by atoms with van der Waals surface area (Å²) in [4.78, 5) is 12.0. The van der Waals surface area contributed by atoms with Gasteiger partial charge in [-0.05, 0) is 42.5 Å². The Balaban J connectivity index is 2.16. The van der Waals surface area contributed by atoms with Gasteiger partial charge in [0.25, 0.3) is 5.91 Å². The zero-order chi connectivity index (χ0) is 21.8. The molecular weight excluding hydrogens is 433 g/mol. The lowest BCUT2D eigenvalue weighted by Gasteiger charge is -2.11. The molecule has 0 spiro atoms. The van der Waals surface area contributed by atoms with Gasteiger partial charge in [-0.3, -0.25) is 4.79 Å². The Hall–Kier alpha value is -3.07. The third-order valence-electron chi connectivity index (χ3n) is 3.46. The predicted molar refractivity (Wildman–Crippen MR) is 100 cm³/mol. The molecular formula is C17H12ClF3N4O3S. The van der Waals surface area contributed by atoms with Crippen molar-refractivity contribution in [2.45, 2.75) is 11.1 Å². The maximum atomic E-state index is 12.9. The number of carbonyl (C=O) groups excluding carboxylic acids is 1. The Morgan fingerprint density at radius 2 is 1.72 bits per heavy atom. The Morgan fingerprint density at radius 3 is 2.24 bits per heavy atom. The maximum Gasteiger partial charge on any atom is 0.417 e. The molecule has 0 radical (unpaired) electrons. The molecule has 0 aliphatic carbocycles. The van der Waals surface area contributed by atoms with E-state index in [0.29, 0.717) is 0 Å². The lowest BCUT2D eigenvalue weighted by atomic mass is 10.2. The number of anilines is 2. The van der Waals surface area contributed by atoms with E-state index in [1.54, 1.807) is 6.07 Å². The minimum Gasteiger partial charge on any atom is -0.360 e. The van der Waals surface area contributed by atoms with Crippen LogP contribution in [0.3, 0.4) is 0 Å². The summed E-state index contributed by atoms with van der Waals surface area (Å²) < 4.78 is 61.0. The number of carbonyl (C=O) groups is 1. The molecule has 0 bridgehead atoms. The second-order valence-electron chi connectivity index (χ2n) is 5.53. The largest absolute Gasteiger partial charge is 0.417 e. The molecule has 2 rings (SSSR count). The van der Waals surface area contributed by atoms with Gasteiger partial charge in [-0.25, -0.2) is 13.6 Å². The topological polar surface area (TPSA) is 125 Å². The van der Waals surface area contributed by atoms with Crippen molar-refractivity contribution in [3.05, 3.63) is 64.8 Å². The normalized spacial score (nSPS) is 12.2. The average Bonchev–Trinajstić information content (AvgIpc) is 2.62. The van der Waals surface area contributed by atoms with Crippen molar-refractivity contribution < 1.29 is 26.4 Å². The minimum absolute atomic E-state index is 0.0419. The number of benzene rings is 2. The molecule has 0 unspecified atom stereocenters. The quantitative estimate of drug-likeness (QED) is 0.481. The van der Waals surface area contributed by atoms with E-state index in [4.69, 9.17) is 22.0 Å². The molecule has 0 aliphatic rings. The highest BCUT2D eigenvalue weighted by Gasteiger charge is 2.33. The predicted octanol–water partition coefficient (Wildman–Crippen LogP) is 3.46. The fraction of sp³-hybridized carbons (Fsp3) is 0.0588. The summed E-state index contributed by atoms with van der Waals surface area (Å²) in [5, 5.41) is 18.4. The van der Waals surface area contributed by atoms with E-state index < -0.39 is 38.3 Å². The van der Waals surface area contributed by atoms with E-state index in [1.807, 2.05) is 0 Å². The second-order valence-corrected chi connectivity index (χ2v) is 7.50. The van der Waals surface area contributed by atoms with Crippen LogP contribution >= 0.6 is 11.6 Å². The maximum absolute atomic E-state index is 12.9. The highest BCUT2D eigenvalue weighted by molar-refractivity contribution is 7.89. The van der Waals surface area contributed by atoms with Gasteiger partial charge in [0.2, 0.25) is 10.0 Å². The summed E-state index contributed by atoms with van der Waals surface area (Å²) in [6, 6.07) is 9.44. The van der Waals surface area contributed by atoms with Crippen molar-refractivity contribution >= 4 is 38.9 Å². The summed E-state index contributed by atoms with van der Waals surface area (Å²) >= 11 is 5.53. The molecule has 2 aromatic rings. The molecule has 152 valence electrons. The number of nitrogens with two attached hydrogens (primary N) is 1. The molecule has 2 aromatic carbocycles. The Kier molecular flexibility index (Phi) is 6.53. The third kappa shape index (κ3) is 5.95. The smallest absolute Gasteiger partial charge is 0.360 e. The fourth-order valence-corrected chi connectivity index (χ4v) is 2.80. The number of nitrogens with one attached hydrogen (secondary N) is 2. The van der Waals surface area contributed by atoms with Gasteiger partial charge in [0, 0.05) is 17.6 Å². The monoisotopic (exact) mass is 444 g/mol. The highest BCUT2D eigenvalue weighted by Crippen LogP contribution is 2.36. The molecule has 1 amide bonds. The molecule has 0 aliphatic heterocycles. The third-order valence-corrected chi connectivity index (χ3v) is 4.72. The Labute approximate surface area is 168 Å². The standard InChI is InChI=1S/C17H12ClF3N4O3S/c18-15-6-3-12(7-14(15)17(19,20)21)24-9-10(8-22)16(26)25-11-1-4-13(5-2-11)29(23,27)28/h1-7,9,24H,(H,25,26)(H2,23,27,28)/b10-9-. The molecule has 7 nitrogen and oxygen atoms in total. The van der Waals surface area contributed by atoms with Crippen LogP contribution in [0.4, 0.5) is 24.5 Å². The SMILES string of the molecule is N#C/C(=C/Nc1ccc(Cl)c(C(F)(F)F)c1)C(=O)Nc1ccc(S(N)(=O)=O)cc1. The van der Waals surface area contributed by atoms with Crippen LogP contribution < -0.4 is 15.8 Å². The molecule has 0 heterocycles. The Bertz CT molecular complexity index is 1110. The molecule has 29 heavy (non-hydrogen) atoms. The van der Waals surface area contributed by atoms with Crippen LogP contribution in [0.15, 0.2) is 59.1 Å². The summed E-state index contributed by atoms with van der Waals surface area (Å²) in [7, 11) is -3.90. The number of nitriles is 1. The number of halogens is 4. The zero-order valence-corrected chi connectivity index (χ0v) is 15.9. The highest BCUT2D eigenvalue weighted by atomic mass is 35.5. The number of amides is 1. The van der Waals surface area contributed by atoms with E-state index in [-0.39, 0.29) is 16.3 Å². The average molecular weight is 445 g/mol. The van der Waals surface area contributed by atoms with Gasteiger partial charge < -0.3 is 10.6 Å². The van der Waals surface area contributed by atoms with Crippen LogP contribution in [0.25, 0.3) is 0 Å².